The van der Waals surface area contributed by atoms with E-state index in [-0.39, 0.29) is 11.9 Å². The molecule has 0 bridgehead atoms. The van der Waals surface area contributed by atoms with E-state index >= 15 is 0 Å². The van der Waals surface area contributed by atoms with Crippen molar-refractivity contribution >= 4 is 28.7 Å². The first-order chi connectivity index (χ1) is 12.5. The fourth-order valence-electron chi connectivity index (χ4n) is 2.74. The van der Waals surface area contributed by atoms with E-state index in [2.05, 4.69) is 60.4 Å². The zero-order valence-corrected chi connectivity index (χ0v) is 16.4. The second-order valence-corrected chi connectivity index (χ2v) is 7.80. The van der Waals surface area contributed by atoms with E-state index in [1.807, 2.05) is 17.7 Å². The van der Waals surface area contributed by atoms with E-state index in [0.717, 1.165) is 22.5 Å². The Balaban J connectivity index is 1.62. The minimum Gasteiger partial charge on any atom is -0.351 e. The second kappa shape index (κ2) is 7.91. The summed E-state index contributed by atoms with van der Waals surface area (Å²) >= 11 is 1.74. The van der Waals surface area contributed by atoms with Crippen molar-refractivity contribution in [1.29, 1.82) is 0 Å². The number of rotatable bonds is 6. The second-order valence-electron chi connectivity index (χ2n) is 6.63. The van der Waals surface area contributed by atoms with E-state index in [9.17, 15) is 4.79 Å². The molecule has 26 heavy (non-hydrogen) atoms. The number of hydrogen-bond acceptors (Lipinski definition) is 4. The van der Waals surface area contributed by atoms with Gasteiger partial charge < -0.3 is 5.32 Å². The van der Waals surface area contributed by atoms with Crippen LogP contribution in [0.2, 0.25) is 0 Å². The summed E-state index contributed by atoms with van der Waals surface area (Å²) in [6.07, 6.45) is 1.77. The van der Waals surface area contributed by atoms with Crippen LogP contribution in [-0.4, -0.2) is 33.0 Å². The minimum absolute atomic E-state index is 0.0845. The Morgan fingerprint density at radius 1 is 1.23 bits per heavy atom. The fraction of sp³-hybridized carbons (Fsp3) is 0.350. The molecule has 0 aliphatic rings. The zero-order chi connectivity index (χ0) is 18.7. The molecule has 0 spiro atoms. The lowest BCUT2D eigenvalue weighted by Crippen LogP contribution is -2.26. The largest absolute Gasteiger partial charge is 0.351 e. The standard InChI is InChI=1S/C20H24N4OS/c1-13(2)24-19-16(12-22-24)11-18(15(4)23-19)20(25)21-9-10-26-17-7-5-14(3)6-8-17/h5-8,11-13H,9-10H2,1-4H3,(H,21,25). The van der Waals surface area contributed by atoms with Gasteiger partial charge in [0, 0.05) is 28.6 Å². The zero-order valence-electron chi connectivity index (χ0n) is 15.6. The van der Waals surface area contributed by atoms with Crippen LogP contribution in [0.4, 0.5) is 0 Å². The molecule has 0 aliphatic carbocycles. The van der Waals surface area contributed by atoms with Gasteiger partial charge in [-0.25, -0.2) is 9.67 Å². The van der Waals surface area contributed by atoms with Gasteiger partial charge in [-0.3, -0.25) is 4.79 Å². The molecule has 0 atom stereocenters. The van der Waals surface area contributed by atoms with Gasteiger partial charge in [0.2, 0.25) is 0 Å². The van der Waals surface area contributed by atoms with Crippen molar-refractivity contribution in [3.63, 3.8) is 0 Å². The van der Waals surface area contributed by atoms with Crippen LogP contribution in [0, 0.1) is 13.8 Å². The molecule has 0 aliphatic heterocycles. The maximum atomic E-state index is 12.5. The third-order valence-electron chi connectivity index (χ3n) is 4.17. The quantitative estimate of drug-likeness (QED) is 0.524. The van der Waals surface area contributed by atoms with Crippen molar-refractivity contribution in [3.05, 3.63) is 53.3 Å². The van der Waals surface area contributed by atoms with Crippen LogP contribution < -0.4 is 5.32 Å². The third-order valence-corrected chi connectivity index (χ3v) is 5.18. The Labute approximate surface area is 158 Å². The molecule has 1 aromatic carbocycles. The van der Waals surface area contributed by atoms with Gasteiger partial charge >= 0.3 is 0 Å². The van der Waals surface area contributed by atoms with Crippen LogP contribution in [0.1, 0.15) is 41.5 Å². The number of pyridine rings is 1. The van der Waals surface area contributed by atoms with Crippen molar-refractivity contribution in [2.45, 2.75) is 38.6 Å². The number of benzene rings is 1. The molecule has 2 heterocycles. The van der Waals surface area contributed by atoms with E-state index in [0.29, 0.717) is 12.1 Å². The molecule has 5 nitrogen and oxygen atoms in total. The molecule has 0 fully saturated rings. The summed E-state index contributed by atoms with van der Waals surface area (Å²) in [5.74, 6) is 0.744. The highest BCUT2D eigenvalue weighted by Gasteiger charge is 2.15. The van der Waals surface area contributed by atoms with Gasteiger partial charge in [0.05, 0.1) is 17.5 Å². The van der Waals surface area contributed by atoms with Crippen LogP contribution in [0.25, 0.3) is 11.0 Å². The summed E-state index contributed by atoms with van der Waals surface area (Å²) in [6, 6.07) is 10.5. The molecule has 0 saturated heterocycles. The van der Waals surface area contributed by atoms with Gasteiger partial charge in [-0.1, -0.05) is 17.7 Å². The summed E-state index contributed by atoms with van der Waals surface area (Å²) < 4.78 is 1.88. The van der Waals surface area contributed by atoms with Crippen molar-refractivity contribution < 1.29 is 4.79 Å². The highest BCUT2D eigenvalue weighted by Crippen LogP contribution is 2.20. The molecule has 6 heteroatoms. The lowest BCUT2D eigenvalue weighted by molar-refractivity contribution is 0.0955. The van der Waals surface area contributed by atoms with Gasteiger partial charge in [0.25, 0.3) is 5.91 Å². The number of amides is 1. The lowest BCUT2D eigenvalue weighted by Gasteiger charge is -2.10. The van der Waals surface area contributed by atoms with Gasteiger partial charge in [0.1, 0.15) is 0 Å². The number of aryl methyl sites for hydroxylation is 2. The van der Waals surface area contributed by atoms with Crippen molar-refractivity contribution in [2.75, 3.05) is 12.3 Å². The number of aromatic nitrogens is 3. The predicted octanol–water partition coefficient (Wildman–Crippen LogP) is 4.15. The number of thioether (sulfide) groups is 1. The molecule has 3 rings (SSSR count). The Morgan fingerprint density at radius 2 is 1.96 bits per heavy atom. The lowest BCUT2D eigenvalue weighted by atomic mass is 10.1. The minimum atomic E-state index is -0.0845. The van der Waals surface area contributed by atoms with Crippen LogP contribution >= 0.6 is 11.8 Å². The molecule has 1 amide bonds. The number of fused-ring (bicyclic) bond motifs is 1. The van der Waals surface area contributed by atoms with E-state index in [1.54, 1.807) is 18.0 Å². The third kappa shape index (κ3) is 4.07. The topological polar surface area (TPSA) is 59.8 Å². The summed E-state index contributed by atoms with van der Waals surface area (Å²) in [7, 11) is 0. The number of nitrogens with zero attached hydrogens (tertiary/aromatic N) is 3. The number of carbonyl (C=O) groups is 1. The normalized spacial score (nSPS) is 11.3. The Morgan fingerprint density at radius 3 is 2.65 bits per heavy atom. The molecular weight excluding hydrogens is 344 g/mol. The molecule has 2 aromatic heterocycles. The van der Waals surface area contributed by atoms with Gasteiger partial charge in [-0.05, 0) is 45.9 Å². The predicted molar refractivity (Wildman–Crippen MR) is 107 cm³/mol. The van der Waals surface area contributed by atoms with Gasteiger partial charge in [0.15, 0.2) is 5.65 Å². The fourth-order valence-corrected chi connectivity index (χ4v) is 3.50. The highest BCUT2D eigenvalue weighted by molar-refractivity contribution is 7.99. The Hall–Kier alpha value is -2.34. The number of carbonyl (C=O) groups excluding carboxylic acids is 1. The van der Waals surface area contributed by atoms with Crippen LogP contribution in [0.15, 0.2) is 41.4 Å². The van der Waals surface area contributed by atoms with E-state index in [1.165, 1.54) is 10.5 Å². The highest BCUT2D eigenvalue weighted by atomic mass is 32.2. The van der Waals surface area contributed by atoms with Crippen LogP contribution in [-0.2, 0) is 0 Å². The molecule has 1 N–H and O–H groups in total. The van der Waals surface area contributed by atoms with Crippen LogP contribution in [0.3, 0.4) is 0 Å². The van der Waals surface area contributed by atoms with Crippen LogP contribution in [0.5, 0.6) is 0 Å². The maximum Gasteiger partial charge on any atom is 0.253 e. The Kier molecular flexibility index (Phi) is 5.61. The molecule has 0 saturated carbocycles. The summed E-state index contributed by atoms with van der Waals surface area (Å²) in [4.78, 5) is 18.3. The molecule has 0 radical (unpaired) electrons. The van der Waals surface area contributed by atoms with E-state index < -0.39 is 0 Å². The van der Waals surface area contributed by atoms with Gasteiger partial charge in [-0.15, -0.1) is 11.8 Å². The number of nitrogens with one attached hydrogen (secondary N) is 1. The first kappa shape index (κ1) is 18.5. The SMILES string of the molecule is Cc1ccc(SCCNC(=O)c2cc3cnn(C(C)C)c3nc2C)cc1. The van der Waals surface area contributed by atoms with E-state index in [4.69, 9.17) is 0 Å². The summed E-state index contributed by atoms with van der Waals surface area (Å²) in [5, 5.41) is 8.25. The monoisotopic (exact) mass is 368 g/mol. The summed E-state index contributed by atoms with van der Waals surface area (Å²) in [6.45, 7) is 8.69. The number of hydrogen-bond donors (Lipinski definition) is 1. The molecule has 136 valence electrons. The van der Waals surface area contributed by atoms with Crippen molar-refractivity contribution in [1.82, 2.24) is 20.1 Å². The molecular formula is C20H24N4OS. The molecule has 3 aromatic rings. The average Bonchev–Trinajstić information content (AvgIpc) is 3.02. The van der Waals surface area contributed by atoms with Crippen molar-refractivity contribution in [2.24, 2.45) is 0 Å². The smallest absolute Gasteiger partial charge is 0.253 e. The van der Waals surface area contributed by atoms with Crippen molar-refractivity contribution in [3.8, 4) is 0 Å². The first-order valence-electron chi connectivity index (χ1n) is 8.78. The first-order valence-corrected chi connectivity index (χ1v) is 9.77. The van der Waals surface area contributed by atoms with Gasteiger partial charge in [-0.2, -0.15) is 5.10 Å². The molecule has 0 unspecified atom stereocenters. The Bertz CT molecular complexity index is 915. The maximum absolute atomic E-state index is 12.5. The summed E-state index contributed by atoms with van der Waals surface area (Å²) in [5.41, 5.74) is 3.41. The average molecular weight is 369 g/mol.